The lowest BCUT2D eigenvalue weighted by Gasteiger charge is -2.38. The molecule has 1 heterocycles. The van der Waals surface area contributed by atoms with Crippen molar-refractivity contribution in [1.82, 2.24) is 10.2 Å². The van der Waals surface area contributed by atoms with Crippen LogP contribution in [0.25, 0.3) is 0 Å². The van der Waals surface area contributed by atoms with Crippen LogP contribution in [0, 0.1) is 11.5 Å². The Morgan fingerprint density at radius 2 is 1.55 bits per heavy atom. The molecule has 0 spiro atoms. The molecular weight excluding hydrogens is 286 g/mol. The molecule has 2 N–H and O–H groups in total. The van der Waals surface area contributed by atoms with Gasteiger partial charge in [0.25, 0.3) is 0 Å². The fourth-order valence-electron chi connectivity index (χ4n) is 3.08. The molecule has 0 fully saturated rings. The molecule has 1 aromatic rings. The first-order valence-corrected chi connectivity index (χ1v) is 9.64. The first kappa shape index (κ1) is 17.0. The van der Waals surface area contributed by atoms with Gasteiger partial charge in [-0.2, -0.15) is 0 Å². The molecule has 0 aliphatic heterocycles. The first-order valence-electron chi connectivity index (χ1n) is 7.03. The first-order chi connectivity index (χ1) is 9.21. The number of anilines is 1. The van der Waals surface area contributed by atoms with E-state index in [1.54, 1.807) is 6.07 Å². The van der Waals surface area contributed by atoms with Gasteiger partial charge < -0.3 is 5.73 Å². The highest BCUT2D eigenvalue weighted by atomic mass is 35.5. The Kier molecular flexibility index (Phi) is 5.61. The Labute approximate surface area is 128 Å². The molecule has 0 saturated carbocycles. The topological polar surface area (TPSA) is 51.8 Å². The molecule has 1 rings (SSSR count). The second-order valence-corrected chi connectivity index (χ2v) is 12.1. The van der Waals surface area contributed by atoms with Crippen molar-refractivity contribution in [3.8, 4) is 11.5 Å². The predicted molar refractivity (Wildman–Crippen MR) is 89.4 cm³/mol. The van der Waals surface area contributed by atoms with Gasteiger partial charge in [-0.05, 0) is 22.5 Å². The van der Waals surface area contributed by atoms with Gasteiger partial charge in [-0.15, -0.1) is 15.7 Å². The highest BCUT2D eigenvalue weighted by molar-refractivity contribution is 6.90. The highest BCUT2D eigenvalue weighted by Crippen LogP contribution is 2.40. The lowest BCUT2D eigenvalue weighted by Crippen LogP contribution is -2.43. The minimum Gasteiger partial charge on any atom is -0.396 e. The largest absolute Gasteiger partial charge is 0.396 e. The zero-order chi connectivity index (χ0) is 15.5. The maximum Gasteiger partial charge on any atom is 0.158 e. The number of halogens is 1. The van der Waals surface area contributed by atoms with Gasteiger partial charge in [0.1, 0.15) is 8.07 Å². The molecule has 0 unspecified atom stereocenters. The number of aromatic nitrogens is 2. The summed E-state index contributed by atoms with van der Waals surface area (Å²) in [4.78, 5) is 0. The molecule has 3 nitrogen and oxygen atoms in total. The number of rotatable bonds is 3. The van der Waals surface area contributed by atoms with E-state index >= 15 is 0 Å². The summed E-state index contributed by atoms with van der Waals surface area (Å²) in [7, 11) is -1.76. The molecule has 0 atom stereocenters. The Hall–Kier alpha value is -1.05. The monoisotopic (exact) mass is 309 g/mol. The second kappa shape index (κ2) is 6.60. The Morgan fingerprint density at radius 3 is 1.95 bits per heavy atom. The number of hydrogen-bond acceptors (Lipinski definition) is 3. The van der Waals surface area contributed by atoms with Crippen molar-refractivity contribution in [2.45, 2.75) is 58.2 Å². The zero-order valence-corrected chi connectivity index (χ0v) is 14.9. The summed E-state index contributed by atoms with van der Waals surface area (Å²) >= 11 is 5.77. The van der Waals surface area contributed by atoms with Crippen LogP contribution in [0.4, 0.5) is 5.69 Å². The van der Waals surface area contributed by atoms with E-state index in [0.717, 1.165) is 0 Å². The third kappa shape index (κ3) is 3.34. The minimum atomic E-state index is -1.76. The minimum absolute atomic E-state index is 0.299. The average Bonchev–Trinajstić information content (AvgIpc) is 2.30. The van der Waals surface area contributed by atoms with E-state index in [4.69, 9.17) is 17.3 Å². The Morgan fingerprint density at radius 1 is 1.05 bits per heavy atom. The summed E-state index contributed by atoms with van der Waals surface area (Å²) in [5.41, 5.74) is 12.2. The third-order valence-electron chi connectivity index (χ3n) is 4.06. The molecule has 0 radical (unpaired) electrons. The normalized spacial score (nSPS) is 11.9. The van der Waals surface area contributed by atoms with Crippen molar-refractivity contribution in [3.63, 3.8) is 0 Å². The number of hydrogen-bond donors (Lipinski definition) is 1. The molecule has 0 saturated heterocycles. The van der Waals surface area contributed by atoms with Crippen LogP contribution < -0.4 is 5.73 Å². The summed E-state index contributed by atoms with van der Waals surface area (Å²) in [6.07, 6.45) is 0. The summed E-state index contributed by atoms with van der Waals surface area (Å²) in [5.74, 6) is 3.18. The van der Waals surface area contributed by atoms with Crippen LogP contribution in [0.1, 0.15) is 47.2 Å². The van der Waals surface area contributed by atoms with Crippen molar-refractivity contribution in [1.29, 1.82) is 0 Å². The molecule has 0 aliphatic carbocycles. The van der Waals surface area contributed by atoms with Gasteiger partial charge in [-0.3, -0.25) is 0 Å². The van der Waals surface area contributed by atoms with Gasteiger partial charge in [0.05, 0.1) is 5.69 Å². The van der Waals surface area contributed by atoms with Gasteiger partial charge in [0, 0.05) is 6.07 Å². The van der Waals surface area contributed by atoms with Gasteiger partial charge in [-0.1, -0.05) is 53.1 Å². The average molecular weight is 310 g/mol. The van der Waals surface area contributed by atoms with Crippen molar-refractivity contribution < 1.29 is 0 Å². The second-order valence-electron chi connectivity index (χ2n) is 6.12. The molecule has 110 valence electrons. The van der Waals surface area contributed by atoms with Gasteiger partial charge >= 0.3 is 0 Å². The molecule has 0 aromatic carbocycles. The van der Waals surface area contributed by atoms with E-state index in [1.807, 2.05) is 0 Å². The van der Waals surface area contributed by atoms with Crippen LogP contribution in [-0.4, -0.2) is 18.3 Å². The standard InChI is InChI=1S/C15H24ClN3Si/c1-10(2)20(11(3)4,12(5)6)8-7-14-13(17)9-15(16)19-18-14/h9-12H,1-6H3,(H2,17,19). The lowest BCUT2D eigenvalue weighted by atomic mass is 10.3. The molecule has 0 bridgehead atoms. The zero-order valence-electron chi connectivity index (χ0n) is 13.2. The van der Waals surface area contributed by atoms with Crippen LogP contribution in [0.5, 0.6) is 0 Å². The molecule has 20 heavy (non-hydrogen) atoms. The van der Waals surface area contributed by atoms with Crippen LogP contribution in [0.15, 0.2) is 6.07 Å². The predicted octanol–water partition coefficient (Wildman–Crippen LogP) is 4.28. The molecule has 1 aromatic heterocycles. The molecular formula is C15H24ClN3Si. The third-order valence-corrected chi connectivity index (χ3v) is 10.5. The maximum atomic E-state index is 5.91. The quantitative estimate of drug-likeness (QED) is 0.669. The van der Waals surface area contributed by atoms with E-state index in [-0.39, 0.29) is 0 Å². The van der Waals surface area contributed by atoms with E-state index < -0.39 is 8.07 Å². The summed E-state index contributed by atoms with van der Waals surface area (Å²) in [5, 5.41) is 8.12. The van der Waals surface area contributed by atoms with Crippen molar-refractivity contribution in [3.05, 3.63) is 16.9 Å². The Bertz CT molecular complexity index is 508. The summed E-state index contributed by atoms with van der Waals surface area (Å²) in [6, 6.07) is 1.60. The summed E-state index contributed by atoms with van der Waals surface area (Å²) in [6.45, 7) is 13.7. The number of nitrogens with two attached hydrogens (primary N) is 1. The van der Waals surface area contributed by atoms with Crippen LogP contribution in [0.2, 0.25) is 21.8 Å². The fourth-order valence-corrected chi connectivity index (χ4v) is 8.43. The molecule has 0 aliphatic rings. The molecule has 0 amide bonds. The van der Waals surface area contributed by atoms with E-state index in [9.17, 15) is 0 Å². The Balaban J connectivity index is 3.30. The van der Waals surface area contributed by atoms with Crippen LogP contribution in [0.3, 0.4) is 0 Å². The van der Waals surface area contributed by atoms with Crippen LogP contribution >= 0.6 is 11.6 Å². The fraction of sp³-hybridized carbons (Fsp3) is 0.600. The number of nitrogen functional groups attached to an aromatic ring is 1. The summed E-state index contributed by atoms with van der Waals surface area (Å²) < 4.78 is 0. The van der Waals surface area contributed by atoms with Gasteiger partial charge in [0.2, 0.25) is 0 Å². The SMILES string of the molecule is CC(C)[Si](C#Cc1nnc(Cl)cc1N)(C(C)C)C(C)C. The van der Waals surface area contributed by atoms with E-state index in [2.05, 4.69) is 63.2 Å². The van der Waals surface area contributed by atoms with Gasteiger partial charge in [-0.25, -0.2) is 0 Å². The van der Waals surface area contributed by atoms with Crippen molar-refractivity contribution in [2.75, 3.05) is 5.73 Å². The van der Waals surface area contributed by atoms with Crippen molar-refractivity contribution in [2.24, 2.45) is 0 Å². The number of nitrogens with zero attached hydrogens (tertiary/aromatic N) is 2. The highest BCUT2D eigenvalue weighted by Gasteiger charge is 2.41. The smallest absolute Gasteiger partial charge is 0.158 e. The van der Waals surface area contributed by atoms with Crippen LogP contribution in [-0.2, 0) is 0 Å². The van der Waals surface area contributed by atoms with E-state index in [0.29, 0.717) is 33.2 Å². The van der Waals surface area contributed by atoms with Crippen molar-refractivity contribution >= 4 is 25.4 Å². The lowest BCUT2D eigenvalue weighted by molar-refractivity contribution is 0.838. The molecule has 5 heteroatoms. The van der Waals surface area contributed by atoms with E-state index in [1.165, 1.54) is 0 Å². The maximum absolute atomic E-state index is 5.91. The van der Waals surface area contributed by atoms with Gasteiger partial charge in [0.15, 0.2) is 10.8 Å².